The Morgan fingerprint density at radius 3 is 2.36 bits per heavy atom. The van der Waals surface area contributed by atoms with E-state index in [0.717, 1.165) is 83.5 Å². The zero-order valence-electron chi connectivity index (χ0n) is 34.2. The minimum absolute atomic E-state index is 0.119. The van der Waals surface area contributed by atoms with E-state index >= 15 is 4.79 Å². The summed E-state index contributed by atoms with van der Waals surface area (Å²) in [5.41, 5.74) is 10.7. The van der Waals surface area contributed by atoms with E-state index in [1.807, 2.05) is 68.6 Å². The van der Waals surface area contributed by atoms with Gasteiger partial charge in [0.25, 0.3) is 5.91 Å². The number of aryl methyl sites for hydroxylation is 6. The van der Waals surface area contributed by atoms with Gasteiger partial charge in [-0.15, -0.1) is 0 Å². The summed E-state index contributed by atoms with van der Waals surface area (Å²) in [4.78, 5) is 17.0. The average molecular weight is 815 g/mol. The predicted molar refractivity (Wildman–Crippen MR) is 232 cm³/mol. The number of phenolic OH excluding ortho intramolecular Hbond substituents is 1. The highest BCUT2D eigenvalue weighted by Crippen LogP contribution is 2.46. The van der Waals surface area contributed by atoms with Crippen LogP contribution in [0.1, 0.15) is 63.6 Å². The normalized spacial score (nSPS) is 14.8. The standard InChI is InChI=1S/C44H53Cl2N5O4Si/c1-25-18-33(19-26(2)40(25)46)55-15-11-12-34-35-13-14-36(45)39(38-29(5)47-50(30(38)6)24-54-16-17-56(8,9)10)42(35)51-28(4)23-49(44(53)43(34)51)37-22-32(52)21-31-20-27(3)48(7)41(31)37/h13-14,18-22,28,52H,11-12,15-17,23-24H2,1-10H3/t28-/m1/s1. The second-order valence-corrected chi connectivity index (χ2v) is 23.2. The Bertz CT molecular complexity index is 2490. The van der Waals surface area contributed by atoms with Gasteiger partial charge in [-0.25, -0.2) is 4.68 Å². The number of phenols is 1. The molecule has 6 aromatic rings. The number of nitrogens with zero attached hydrogens (tertiary/aromatic N) is 5. The zero-order chi connectivity index (χ0) is 40.4. The Balaban J connectivity index is 1.35. The number of rotatable bonds is 12. The number of fused-ring (bicyclic) bond motifs is 4. The summed E-state index contributed by atoms with van der Waals surface area (Å²) in [6, 6.07) is 14.4. The highest BCUT2D eigenvalue weighted by molar-refractivity contribution is 6.76. The maximum atomic E-state index is 15.2. The lowest BCUT2D eigenvalue weighted by Crippen LogP contribution is -2.43. The van der Waals surface area contributed by atoms with Crippen LogP contribution >= 0.6 is 23.2 Å². The van der Waals surface area contributed by atoms with Gasteiger partial charge in [-0.05, 0) is 107 Å². The third-order valence-electron chi connectivity index (χ3n) is 11.3. The van der Waals surface area contributed by atoms with Crippen molar-refractivity contribution in [3.05, 3.63) is 92.0 Å². The number of carbonyl (C=O) groups excluding carboxylic acids is 1. The molecule has 0 radical (unpaired) electrons. The topological polar surface area (TPSA) is 86.7 Å². The van der Waals surface area contributed by atoms with Crippen LogP contribution in [-0.2, 0) is 24.9 Å². The van der Waals surface area contributed by atoms with Crippen molar-refractivity contribution in [1.82, 2.24) is 18.9 Å². The number of hydrogen-bond acceptors (Lipinski definition) is 5. The van der Waals surface area contributed by atoms with E-state index in [2.05, 4.69) is 48.7 Å². The van der Waals surface area contributed by atoms with Gasteiger partial charge in [0.2, 0.25) is 0 Å². The van der Waals surface area contributed by atoms with E-state index < -0.39 is 8.07 Å². The first kappa shape index (κ1) is 40.0. The molecule has 3 aromatic heterocycles. The molecule has 296 valence electrons. The van der Waals surface area contributed by atoms with E-state index in [4.69, 9.17) is 37.8 Å². The summed E-state index contributed by atoms with van der Waals surface area (Å²) in [5, 5.41) is 19.0. The van der Waals surface area contributed by atoms with Crippen LogP contribution in [0.2, 0.25) is 35.7 Å². The van der Waals surface area contributed by atoms with Gasteiger partial charge < -0.3 is 28.6 Å². The molecule has 12 heteroatoms. The molecule has 0 fully saturated rings. The van der Waals surface area contributed by atoms with Gasteiger partial charge in [0.05, 0.1) is 34.0 Å². The second-order valence-electron chi connectivity index (χ2n) is 16.7. The molecule has 56 heavy (non-hydrogen) atoms. The second kappa shape index (κ2) is 15.3. The molecule has 3 aromatic carbocycles. The fourth-order valence-corrected chi connectivity index (χ4v) is 9.43. The van der Waals surface area contributed by atoms with Crippen molar-refractivity contribution in [1.29, 1.82) is 0 Å². The lowest BCUT2D eigenvalue weighted by molar-refractivity contribution is 0.0770. The summed E-state index contributed by atoms with van der Waals surface area (Å²) in [5.74, 6) is 0.777. The van der Waals surface area contributed by atoms with E-state index in [9.17, 15) is 5.11 Å². The first-order chi connectivity index (χ1) is 26.5. The van der Waals surface area contributed by atoms with Gasteiger partial charge in [-0.2, -0.15) is 5.10 Å². The molecule has 1 atom stereocenters. The molecule has 7 rings (SSSR count). The van der Waals surface area contributed by atoms with Crippen LogP contribution in [0.25, 0.3) is 32.9 Å². The van der Waals surface area contributed by atoms with Crippen LogP contribution in [-0.4, -0.2) is 57.8 Å². The van der Waals surface area contributed by atoms with Gasteiger partial charge in [-0.1, -0.05) is 48.9 Å². The molecule has 9 nitrogen and oxygen atoms in total. The first-order valence-electron chi connectivity index (χ1n) is 19.4. The van der Waals surface area contributed by atoms with Crippen LogP contribution in [0, 0.1) is 34.6 Å². The lowest BCUT2D eigenvalue weighted by atomic mass is 9.98. The number of halogens is 2. The molecule has 0 saturated carbocycles. The van der Waals surface area contributed by atoms with Crippen molar-refractivity contribution in [2.75, 3.05) is 24.7 Å². The fraction of sp³-hybridized carbons (Fsp3) is 0.409. The Kier molecular flexibility index (Phi) is 10.9. The number of amides is 1. The van der Waals surface area contributed by atoms with Crippen LogP contribution in [0.3, 0.4) is 0 Å². The number of anilines is 1. The van der Waals surface area contributed by atoms with Crippen molar-refractivity contribution in [3.63, 3.8) is 0 Å². The lowest BCUT2D eigenvalue weighted by Gasteiger charge is -2.35. The minimum Gasteiger partial charge on any atom is -0.508 e. The van der Waals surface area contributed by atoms with Crippen molar-refractivity contribution in [2.45, 2.75) is 92.8 Å². The molecular formula is C44H53Cl2N5O4Si. The van der Waals surface area contributed by atoms with Gasteiger partial charge >= 0.3 is 0 Å². The largest absolute Gasteiger partial charge is 0.508 e. The number of carbonyl (C=O) groups is 1. The predicted octanol–water partition coefficient (Wildman–Crippen LogP) is 11.1. The van der Waals surface area contributed by atoms with E-state index in [0.29, 0.717) is 55.7 Å². The highest BCUT2D eigenvalue weighted by Gasteiger charge is 2.38. The Morgan fingerprint density at radius 1 is 0.946 bits per heavy atom. The third-order valence-corrected chi connectivity index (χ3v) is 13.9. The summed E-state index contributed by atoms with van der Waals surface area (Å²) < 4.78 is 18.6. The zero-order valence-corrected chi connectivity index (χ0v) is 36.7. The fourth-order valence-electron chi connectivity index (χ4n) is 8.32. The molecule has 1 amide bonds. The Morgan fingerprint density at radius 2 is 1.66 bits per heavy atom. The number of ether oxygens (including phenoxy) is 2. The molecule has 4 heterocycles. The van der Waals surface area contributed by atoms with Crippen molar-refractivity contribution in [3.8, 4) is 22.6 Å². The quantitative estimate of drug-likeness (QED) is 0.0982. The number of aromatic nitrogens is 4. The van der Waals surface area contributed by atoms with Crippen LogP contribution < -0.4 is 9.64 Å². The third kappa shape index (κ3) is 7.25. The molecule has 0 bridgehead atoms. The number of benzene rings is 3. The van der Waals surface area contributed by atoms with Gasteiger partial charge in [0.15, 0.2) is 0 Å². The van der Waals surface area contributed by atoms with Crippen molar-refractivity contribution < 1.29 is 19.4 Å². The maximum absolute atomic E-state index is 15.2. The van der Waals surface area contributed by atoms with Gasteiger partial charge in [-0.3, -0.25) is 4.79 Å². The van der Waals surface area contributed by atoms with E-state index in [-0.39, 0.29) is 17.7 Å². The van der Waals surface area contributed by atoms with Crippen LogP contribution in [0.4, 0.5) is 5.69 Å². The SMILES string of the molecule is Cc1cc(OCCCc2c3n(c4c(-c5c(C)nn(COCC[Si](C)(C)C)c5C)c(Cl)ccc24)[C@H](C)CN(c2cc(O)cc4cc(C)n(C)c24)C3=O)cc(C)c1Cl. The molecule has 1 aliphatic heterocycles. The van der Waals surface area contributed by atoms with Crippen LogP contribution in [0.15, 0.2) is 42.5 Å². The van der Waals surface area contributed by atoms with E-state index in [1.54, 1.807) is 12.1 Å². The first-order valence-corrected chi connectivity index (χ1v) is 23.9. The summed E-state index contributed by atoms with van der Waals surface area (Å²) in [6.45, 7) is 21.2. The summed E-state index contributed by atoms with van der Waals surface area (Å²) in [6.07, 6.45) is 1.27. The van der Waals surface area contributed by atoms with Crippen LogP contribution in [0.5, 0.6) is 11.5 Å². The molecule has 0 saturated heterocycles. The number of hydrogen-bond donors (Lipinski definition) is 1. The Hall–Kier alpha value is -4.22. The minimum atomic E-state index is -1.24. The summed E-state index contributed by atoms with van der Waals surface area (Å²) >= 11 is 13.7. The monoisotopic (exact) mass is 813 g/mol. The van der Waals surface area contributed by atoms with E-state index in [1.165, 1.54) is 0 Å². The van der Waals surface area contributed by atoms with Gasteiger partial charge in [0, 0.05) is 78.7 Å². The number of aromatic hydroxyl groups is 1. The van der Waals surface area contributed by atoms with Gasteiger partial charge in [0.1, 0.15) is 23.9 Å². The van der Waals surface area contributed by atoms with Crippen molar-refractivity contribution >= 4 is 64.7 Å². The maximum Gasteiger partial charge on any atom is 0.275 e. The summed E-state index contributed by atoms with van der Waals surface area (Å²) in [7, 11) is 0.756. The molecule has 0 unspecified atom stereocenters. The highest BCUT2D eigenvalue weighted by atomic mass is 35.5. The average Bonchev–Trinajstić information content (AvgIpc) is 3.71. The molecule has 1 aliphatic rings. The Labute approximate surface area is 340 Å². The molecule has 0 aliphatic carbocycles. The smallest absolute Gasteiger partial charge is 0.275 e. The molecular weight excluding hydrogens is 762 g/mol. The molecule has 0 spiro atoms. The van der Waals surface area contributed by atoms with Crippen molar-refractivity contribution in [2.24, 2.45) is 7.05 Å². The molecule has 1 N–H and O–H groups in total.